The maximum absolute atomic E-state index is 4.28. The molecule has 0 amide bonds. The van der Waals surface area contributed by atoms with Crippen molar-refractivity contribution in [1.82, 2.24) is 19.8 Å². The summed E-state index contributed by atoms with van der Waals surface area (Å²) in [7, 11) is 0. The highest BCUT2D eigenvalue weighted by atomic mass is 32.2. The Kier molecular flexibility index (Phi) is 4.88. The van der Waals surface area contributed by atoms with Gasteiger partial charge in [0.15, 0.2) is 0 Å². The zero-order chi connectivity index (χ0) is 12.1. The summed E-state index contributed by atoms with van der Waals surface area (Å²) >= 11 is 1.94. The molecule has 0 aromatic carbocycles. The Labute approximate surface area is 108 Å². The van der Waals surface area contributed by atoms with Crippen molar-refractivity contribution in [3.05, 3.63) is 18.2 Å². The van der Waals surface area contributed by atoms with Gasteiger partial charge in [0.25, 0.3) is 0 Å². The van der Waals surface area contributed by atoms with Crippen LogP contribution >= 0.6 is 11.8 Å². The summed E-state index contributed by atoms with van der Waals surface area (Å²) in [4.78, 5) is 12.4. The molecule has 0 saturated carbocycles. The molecule has 2 heterocycles. The van der Waals surface area contributed by atoms with Crippen LogP contribution in [0.25, 0.3) is 0 Å². The molecular weight excluding hydrogens is 232 g/mol. The van der Waals surface area contributed by atoms with Gasteiger partial charge in [-0.2, -0.15) is 11.8 Å². The number of imidazole rings is 1. The average molecular weight is 254 g/mol. The summed E-state index contributed by atoms with van der Waals surface area (Å²) in [5.41, 5.74) is 1.15. The average Bonchev–Trinajstić information content (AvgIpc) is 2.83. The van der Waals surface area contributed by atoms with Crippen LogP contribution in [0.2, 0.25) is 0 Å². The predicted molar refractivity (Wildman–Crippen MR) is 73.3 cm³/mol. The van der Waals surface area contributed by atoms with Crippen molar-refractivity contribution in [2.45, 2.75) is 19.5 Å². The lowest BCUT2D eigenvalue weighted by molar-refractivity contribution is 0.105. The van der Waals surface area contributed by atoms with Gasteiger partial charge in [0.1, 0.15) is 0 Å². The number of H-pyrrole nitrogens is 1. The van der Waals surface area contributed by atoms with Gasteiger partial charge in [-0.25, -0.2) is 4.98 Å². The molecule has 96 valence electrons. The monoisotopic (exact) mass is 254 g/mol. The number of rotatable bonds is 5. The molecule has 1 aromatic rings. The molecule has 1 saturated heterocycles. The minimum atomic E-state index is 0.706. The molecule has 1 fully saturated rings. The van der Waals surface area contributed by atoms with Crippen molar-refractivity contribution in [3.63, 3.8) is 0 Å². The smallest absolute Gasteiger partial charge is 0.0923 e. The van der Waals surface area contributed by atoms with E-state index in [1.165, 1.54) is 18.8 Å². The molecule has 1 N–H and O–H groups in total. The van der Waals surface area contributed by atoms with E-state index in [-0.39, 0.29) is 0 Å². The van der Waals surface area contributed by atoms with E-state index in [1.807, 2.05) is 18.0 Å². The molecular formula is C12H22N4S. The number of thioether (sulfide) groups is 1. The second kappa shape index (κ2) is 6.42. The molecule has 0 spiro atoms. The zero-order valence-corrected chi connectivity index (χ0v) is 11.5. The van der Waals surface area contributed by atoms with E-state index in [1.54, 1.807) is 6.33 Å². The first-order valence-corrected chi connectivity index (χ1v) is 7.62. The summed E-state index contributed by atoms with van der Waals surface area (Å²) < 4.78 is 0. The topological polar surface area (TPSA) is 35.2 Å². The Morgan fingerprint density at radius 2 is 2.18 bits per heavy atom. The number of nitrogens with zero attached hydrogens (tertiary/aromatic N) is 3. The molecule has 0 bridgehead atoms. The van der Waals surface area contributed by atoms with Crippen LogP contribution in [0.3, 0.4) is 0 Å². The third-order valence-corrected chi connectivity index (χ3v) is 4.19. The summed E-state index contributed by atoms with van der Waals surface area (Å²) in [5, 5.41) is 0. The lowest BCUT2D eigenvalue weighted by Crippen LogP contribution is -2.49. The van der Waals surface area contributed by atoms with Gasteiger partial charge in [0, 0.05) is 50.7 Å². The van der Waals surface area contributed by atoms with Gasteiger partial charge in [-0.3, -0.25) is 9.80 Å². The summed E-state index contributed by atoms with van der Waals surface area (Å²) in [6, 6.07) is 0.706. The van der Waals surface area contributed by atoms with Crippen LogP contribution in [-0.2, 0) is 6.54 Å². The zero-order valence-electron chi connectivity index (χ0n) is 10.7. The minimum Gasteiger partial charge on any atom is -0.351 e. The SMILES string of the molecule is CSCC(C)N1CCN(Cc2c[nH]cn2)CC1. The fourth-order valence-corrected chi connectivity index (χ4v) is 3.01. The maximum atomic E-state index is 4.28. The van der Waals surface area contributed by atoms with E-state index in [0.29, 0.717) is 6.04 Å². The second-order valence-electron chi connectivity index (χ2n) is 4.68. The van der Waals surface area contributed by atoms with Gasteiger partial charge < -0.3 is 4.98 Å². The van der Waals surface area contributed by atoms with E-state index >= 15 is 0 Å². The Balaban J connectivity index is 1.74. The number of hydrogen-bond donors (Lipinski definition) is 1. The van der Waals surface area contributed by atoms with Crippen LogP contribution in [0.4, 0.5) is 0 Å². The van der Waals surface area contributed by atoms with E-state index in [0.717, 1.165) is 25.3 Å². The van der Waals surface area contributed by atoms with Crippen LogP contribution < -0.4 is 0 Å². The van der Waals surface area contributed by atoms with Crippen LogP contribution in [0.5, 0.6) is 0 Å². The molecule has 0 aliphatic carbocycles. The third-order valence-electron chi connectivity index (χ3n) is 3.38. The molecule has 0 radical (unpaired) electrons. The Bertz CT molecular complexity index is 306. The van der Waals surface area contributed by atoms with Crippen molar-refractivity contribution >= 4 is 11.8 Å². The Morgan fingerprint density at radius 3 is 2.76 bits per heavy atom. The molecule has 17 heavy (non-hydrogen) atoms. The van der Waals surface area contributed by atoms with E-state index in [4.69, 9.17) is 0 Å². The lowest BCUT2D eigenvalue weighted by Gasteiger charge is -2.37. The molecule has 2 rings (SSSR count). The van der Waals surface area contributed by atoms with Crippen molar-refractivity contribution < 1.29 is 0 Å². The lowest BCUT2D eigenvalue weighted by atomic mass is 10.2. The minimum absolute atomic E-state index is 0.706. The van der Waals surface area contributed by atoms with Crippen LogP contribution in [-0.4, -0.2) is 64.0 Å². The van der Waals surface area contributed by atoms with Crippen LogP contribution in [0, 0.1) is 0 Å². The first-order chi connectivity index (χ1) is 8.29. The van der Waals surface area contributed by atoms with E-state index in [9.17, 15) is 0 Å². The van der Waals surface area contributed by atoms with Crippen LogP contribution in [0.1, 0.15) is 12.6 Å². The normalized spacial score (nSPS) is 20.6. The van der Waals surface area contributed by atoms with Gasteiger partial charge in [-0.15, -0.1) is 0 Å². The highest BCUT2D eigenvalue weighted by Gasteiger charge is 2.20. The van der Waals surface area contributed by atoms with Crippen molar-refractivity contribution in [2.75, 3.05) is 38.2 Å². The molecule has 1 unspecified atom stereocenters. The summed E-state index contributed by atoms with van der Waals surface area (Å²) in [5.74, 6) is 1.24. The summed E-state index contributed by atoms with van der Waals surface area (Å²) in [6.07, 6.45) is 5.93. The first-order valence-electron chi connectivity index (χ1n) is 6.22. The number of nitrogens with one attached hydrogen (secondary N) is 1. The number of aromatic nitrogens is 2. The Hall–Kier alpha value is -0.520. The molecule has 1 aliphatic heterocycles. The van der Waals surface area contributed by atoms with Gasteiger partial charge in [-0.1, -0.05) is 0 Å². The van der Waals surface area contributed by atoms with Gasteiger partial charge in [0.2, 0.25) is 0 Å². The fraction of sp³-hybridized carbons (Fsp3) is 0.750. The van der Waals surface area contributed by atoms with Gasteiger partial charge in [-0.05, 0) is 13.2 Å². The van der Waals surface area contributed by atoms with E-state index in [2.05, 4.69) is 32.9 Å². The Morgan fingerprint density at radius 1 is 1.41 bits per heavy atom. The first kappa shape index (κ1) is 12.9. The third kappa shape index (κ3) is 3.72. The highest BCUT2D eigenvalue weighted by molar-refractivity contribution is 7.98. The van der Waals surface area contributed by atoms with Gasteiger partial charge >= 0.3 is 0 Å². The molecule has 1 atom stereocenters. The second-order valence-corrected chi connectivity index (χ2v) is 5.59. The van der Waals surface area contributed by atoms with Crippen molar-refractivity contribution in [1.29, 1.82) is 0 Å². The van der Waals surface area contributed by atoms with Gasteiger partial charge in [0.05, 0.1) is 12.0 Å². The molecule has 5 heteroatoms. The van der Waals surface area contributed by atoms with Crippen molar-refractivity contribution in [2.24, 2.45) is 0 Å². The van der Waals surface area contributed by atoms with Crippen molar-refractivity contribution in [3.8, 4) is 0 Å². The summed E-state index contributed by atoms with van der Waals surface area (Å²) in [6.45, 7) is 8.00. The standard InChI is InChI=1S/C12H22N4S/c1-11(9-17-2)16-5-3-15(4-6-16)8-12-7-13-10-14-12/h7,10-11H,3-6,8-9H2,1-2H3,(H,13,14). The molecule has 4 nitrogen and oxygen atoms in total. The largest absolute Gasteiger partial charge is 0.351 e. The molecule has 1 aliphatic rings. The number of piperazine rings is 1. The van der Waals surface area contributed by atoms with Crippen LogP contribution in [0.15, 0.2) is 12.5 Å². The maximum Gasteiger partial charge on any atom is 0.0923 e. The number of hydrogen-bond acceptors (Lipinski definition) is 4. The van der Waals surface area contributed by atoms with E-state index < -0.39 is 0 Å². The fourth-order valence-electron chi connectivity index (χ4n) is 2.32. The molecule has 1 aromatic heterocycles. The predicted octanol–water partition coefficient (Wildman–Crippen LogP) is 1.28. The quantitative estimate of drug-likeness (QED) is 0.858. The number of aromatic amines is 1. The highest BCUT2D eigenvalue weighted by Crippen LogP contribution is 2.11.